The molecule has 0 saturated heterocycles. The summed E-state index contributed by atoms with van der Waals surface area (Å²) in [5.74, 6) is -3.37. The fraction of sp³-hybridized carbons (Fsp3) is 0.385. The molecule has 0 saturated carbocycles. The van der Waals surface area contributed by atoms with Crippen LogP contribution in [-0.4, -0.2) is 29.2 Å². The largest absolute Gasteiger partial charge is 0.481 e. The maximum absolute atomic E-state index is 12.2. The minimum Gasteiger partial charge on any atom is -0.481 e. The van der Waals surface area contributed by atoms with Crippen LogP contribution in [0, 0.1) is 0 Å². The normalized spacial score (nSPS) is 12.8. The molecule has 0 radical (unpaired) electrons. The first-order valence-electron chi connectivity index (χ1n) is 5.92. The van der Waals surface area contributed by atoms with Crippen LogP contribution in [0.4, 0.5) is 13.2 Å². The van der Waals surface area contributed by atoms with E-state index in [0.717, 1.165) is 5.56 Å². The molecule has 110 valence electrons. The predicted molar refractivity (Wildman–Crippen MR) is 65.0 cm³/mol. The van der Waals surface area contributed by atoms with Gasteiger partial charge >= 0.3 is 18.1 Å². The van der Waals surface area contributed by atoms with Crippen LogP contribution in [0.1, 0.15) is 18.4 Å². The van der Waals surface area contributed by atoms with Crippen molar-refractivity contribution in [2.75, 3.05) is 0 Å². The Kier molecular flexibility index (Phi) is 5.54. The summed E-state index contributed by atoms with van der Waals surface area (Å²) >= 11 is 0. The van der Waals surface area contributed by atoms with Gasteiger partial charge in [0.15, 0.2) is 0 Å². The van der Waals surface area contributed by atoms with Gasteiger partial charge in [0.25, 0.3) is 0 Å². The summed E-state index contributed by atoms with van der Waals surface area (Å²) in [4.78, 5) is 21.5. The third-order valence-corrected chi connectivity index (χ3v) is 2.64. The Labute approximate surface area is 113 Å². The zero-order chi connectivity index (χ0) is 15.2. The minimum absolute atomic E-state index is 0.123. The summed E-state index contributed by atoms with van der Waals surface area (Å²) in [5, 5.41) is 10.4. The second-order valence-corrected chi connectivity index (χ2v) is 4.29. The molecule has 1 aromatic carbocycles. The number of halogens is 3. The summed E-state index contributed by atoms with van der Waals surface area (Å²) in [6.45, 7) is 0. The molecule has 2 N–H and O–H groups in total. The van der Waals surface area contributed by atoms with Gasteiger partial charge in [-0.1, -0.05) is 30.3 Å². The van der Waals surface area contributed by atoms with Crippen LogP contribution >= 0.6 is 0 Å². The van der Waals surface area contributed by atoms with Gasteiger partial charge in [0.2, 0.25) is 0 Å². The topological polar surface area (TPSA) is 66.4 Å². The van der Waals surface area contributed by atoms with Crippen molar-refractivity contribution in [3.63, 3.8) is 0 Å². The van der Waals surface area contributed by atoms with Crippen LogP contribution < -0.4 is 5.32 Å². The van der Waals surface area contributed by atoms with Crippen LogP contribution in [0.5, 0.6) is 0 Å². The molecule has 0 aliphatic heterocycles. The highest BCUT2D eigenvalue weighted by atomic mass is 19.4. The third kappa shape index (κ3) is 5.73. The van der Waals surface area contributed by atoms with Crippen molar-refractivity contribution in [1.29, 1.82) is 0 Å². The number of carboxylic acids is 1. The van der Waals surface area contributed by atoms with E-state index in [1.54, 1.807) is 35.6 Å². The number of aryl methyl sites for hydroxylation is 1. The first-order valence-corrected chi connectivity index (χ1v) is 5.92. The summed E-state index contributed by atoms with van der Waals surface area (Å²) in [6.07, 6.45) is -5.05. The van der Waals surface area contributed by atoms with E-state index in [4.69, 9.17) is 5.11 Å². The first kappa shape index (κ1) is 16.0. The van der Waals surface area contributed by atoms with Crippen molar-refractivity contribution in [1.82, 2.24) is 5.32 Å². The van der Waals surface area contributed by atoms with Gasteiger partial charge in [-0.15, -0.1) is 0 Å². The molecule has 4 nitrogen and oxygen atoms in total. The van der Waals surface area contributed by atoms with Crippen molar-refractivity contribution in [2.45, 2.75) is 31.5 Å². The highest BCUT2D eigenvalue weighted by Gasteiger charge is 2.39. The van der Waals surface area contributed by atoms with Gasteiger partial charge in [-0.3, -0.25) is 9.59 Å². The molecule has 0 heterocycles. The van der Waals surface area contributed by atoms with Crippen molar-refractivity contribution < 1.29 is 27.9 Å². The van der Waals surface area contributed by atoms with Crippen LogP contribution in [0.15, 0.2) is 30.3 Å². The number of hydrogen-bond donors (Lipinski definition) is 2. The molecule has 7 heteroatoms. The molecule has 1 rings (SSSR count). The maximum Gasteiger partial charge on any atom is 0.471 e. The zero-order valence-corrected chi connectivity index (χ0v) is 10.5. The molecule has 0 aliphatic carbocycles. The van der Waals surface area contributed by atoms with Crippen molar-refractivity contribution in [3.05, 3.63) is 35.9 Å². The average Bonchev–Trinajstić information content (AvgIpc) is 2.35. The Hall–Kier alpha value is -2.05. The number of carboxylic acid groups (broad SMARTS) is 1. The molecule has 0 fully saturated rings. The quantitative estimate of drug-likeness (QED) is 0.843. The van der Waals surface area contributed by atoms with E-state index in [1.165, 1.54) is 0 Å². The van der Waals surface area contributed by atoms with Gasteiger partial charge in [-0.2, -0.15) is 13.2 Å². The second-order valence-electron chi connectivity index (χ2n) is 4.29. The van der Waals surface area contributed by atoms with Gasteiger partial charge in [0.05, 0.1) is 6.42 Å². The molecular formula is C13H14F3NO3. The summed E-state index contributed by atoms with van der Waals surface area (Å²) in [7, 11) is 0. The molecule has 0 unspecified atom stereocenters. The molecular weight excluding hydrogens is 275 g/mol. The van der Waals surface area contributed by atoms with Gasteiger partial charge in [-0.25, -0.2) is 0 Å². The predicted octanol–water partition coefficient (Wildman–Crippen LogP) is 2.14. The molecule has 1 aromatic rings. The number of rotatable bonds is 6. The van der Waals surface area contributed by atoms with E-state index < -0.39 is 30.5 Å². The minimum atomic E-state index is -5.01. The number of nitrogens with one attached hydrogen (secondary N) is 1. The van der Waals surface area contributed by atoms with Crippen molar-refractivity contribution in [3.8, 4) is 0 Å². The number of amides is 1. The SMILES string of the molecule is O=C(O)C[C@@H](CCc1ccccc1)NC(=O)C(F)(F)F. The molecule has 1 atom stereocenters. The average molecular weight is 289 g/mol. The molecule has 1 amide bonds. The Morgan fingerprint density at radius 3 is 2.30 bits per heavy atom. The fourth-order valence-corrected chi connectivity index (χ4v) is 1.69. The Bertz CT molecular complexity index is 460. The van der Waals surface area contributed by atoms with E-state index in [2.05, 4.69) is 0 Å². The molecule has 0 spiro atoms. The second kappa shape index (κ2) is 6.93. The molecule has 0 aromatic heterocycles. The van der Waals surface area contributed by atoms with Crippen LogP contribution in [0.3, 0.4) is 0 Å². The Morgan fingerprint density at radius 1 is 1.20 bits per heavy atom. The van der Waals surface area contributed by atoms with Gasteiger partial charge in [-0.05, 0) is 18.4 Å². The molecule has 0 aliphatic rings. The number of carbonyl (C=O) groups excluding carboxylic acids is 1. The number of benzene rings is 1. The van der Waals surface area contributed by atoms with Gasteiger partial charge < -0.3 is 10.4 Å². The lowest BCUT2D eigenvalue weighted by Gasteiger charge is -2.18. The van der Waals surface area contributed by atoms with Crippen molar-refractivity contribution >= 4 is 11.9 Å². The highest BCUT2D eigenvalue weighted by Crippen LogP contribution is 2.16. The summed E-state index contributed by atoms with van der Waals surface area (Å²) in [6, 6.07) is 7.85. The first-order chi connectivity index (χ1) is 9.29. The lowest BCUT2D eigenvalue weighted by molar-refractivity contribution is -0.174. The number of aliphatic carboxylic acids is 1. The number of alkyl halides is 3. The summed E-state index contributed by atoms with van der Waals surface area (Å²) in [5.41, 5.74) is 0.865. The van der Waals surface area contributed by atoms with Crippen LogP contribution in [0.25, 0.3) is 0 Å². The number of carbonyl (C=O) groups is 2. The van der Waals surface area contributed by atoms with E-state index >= 15 is 0 Å². The Morgan fingerprint density at radius 2 is 1.80 bits per heavy atom. The Balaban J connectivity index is 2.60. The van der Waals surface area contributed by atoms with Gasteiger partial charge in [0.1, 0.15) is 0 Å². The lowest BCUT2D eigenvalue weighted by Crippen LogP contribution is -2.44. The standard InChI is InChI=1S/C13H14F3NO3/c14-13(15,16)12(20)17-10(8-11(18)19)7-6-9-4-2-1-3-5-9/h1-5,10H,6-8H2,(H,17,20)(H,18,19)/t10-/m1/s1. The zero-order valence-electron chi connectivity index (χ0n) is 10.5. The molecule has 20 heavy (non-hydrogen) atoms. The monoisotopic (exact) mass is 289 g/mol. The van der Waals surface area contributed by atoms with E-state index in [1.807, 2.05) is 0 Å². The van der Waals surface area contributed by atoms with E-state index in [0.29, 0.717) is 6.42 Å². The fourth-order valence-electron chi connectivity index (χ4n) is 1.69. The third-order valence-electron chi connectivity index (χ3n) is 2.64. The number of hydrogen-bond acceptors (Lipinski definition) is 2. The molecule has 0 bridgehead atoms. The lowest BCUT2D eigenvalue weighted by atomic mass is 10.0. The van der Waals surface area contributed by atoms with E-state index in [-0.39, 0.29) is 6.42 Å². The van der Waals surface area contributed by atoms with Crippen LogP contribution in [0.2, 0.25) is 0 Å². The van der Waals surface area contributed by atoms with Crippen molar-refractivity contribution in [2.24, 2.45) is 0 Å². The highest BCUT2D eigenvalue weighted by molar-refractivity contribution is 5.82. The smallest absolute Gasteiger partial charge is 0.471 e. The maximum atomic E-state index is 12.2. The van der Waals surface area contributed by atoms with Gasteiger partial charge in [0, 0.05) is 6.04 Å². The van der Waals surface area contributed by atoms with Crippen LogP contribution in [-0.2, 0) is 16.0 Å². The summed E-state index contributed by atoms with van der Waals surface area (Å²) < 4.78 is 36.5. The van der Waals surface area contributed by atoms with E-state index in [9.17, 15) is 22.8 Å².